The van der Waals surface area contributed by atoms with Crippen LogP contribution in [0.4, 0.5) is 0 Å². The van der Waals surface area contributed by atoms with E-state index in [1.807, 2.05) is 0 Å². The van der Waals surface area contributed by atoms with Gasteiger partial charge < -0.3 is 20.1 Å². The van der Waals surface area contributed by atoms with E-state index in [0.29, 0.717) is 30.8 Å². The van der Waals surface area contributed by atoms with E-state index in [-0.39, 0.29) is 39.7 Å². The number of allylic oxidation sites excluding steroid dienone is 4. The Morgan fingerprint density at radius 3 is 2.41 bits per heavy atom. The van der Waals surface area contributed by atoms with Crippen LogP contribution in [0.5, 0.6) is 0 Å². The number of ether oxygens (including phenoxy) is 1. The van der Waals surface area contributed by atoms with E-state index >= 15 is 0 Å². The summed E-state index contributed by atoms with van der Waals surface area (Å²) in [5, 5.41) is 32.9. The normalized spacial score (nSPS) is 41.5. The lowest BCUT2D eigenvalue weighted by atomic mass is 9.44. The number of fused-ring (bicyclic) bond motifs is 5. The molecule has 0 amide bonds. The van der Waals surface area contributed by atoms with E-state index in [9.17, 15) is 20.1 Å². The summed E-state index contributed by atoms with van der Waals surface area (Å²) in [7, 11) is 1.42. The van der Waals surface area contributed by atoms with Crippen LogP contribution in [0.1, 0.15) is 93.4 Å². The van der Waals surface area contributed by atoms with Gasteiger partial charge in [-0.1, -0.05) is 53.3 Å². The Hall–Kier alpha value is -1.43. The molecule has 5 nitrogen and oxygen atoms in total. The van der Waals surface area contributed by atoms with E-state index in [1.165, 1.54) is 18.3 Å². The van der Waals surface area contributed by atoms with Crippen molar-refractivity contribution >= 4 is 5.97 Å². The number of carbonyl (C=O) groups is 1. The van der Waals surface area contributed by atoms with Gasteiger partial charge in [-0.15, -0.1) is 0 Å². The molecule has 4 aliphatic carbocycles. The van der Waals surface area contributed by atoms with Crippen LogP contribution >= 0.6 is 0 Å². The third-order valence-corrected chi connectivity index (χ3v) is 11.8. The van der Waals surface area contributed by atoms with Gasteiger partial charge in [-0.3, -0.25) is 4.79 Å². The van der Waals surface area contributed by atoms with Gasteiger partial charge >= 0.3 is 5.97 Å². The summed E-state index contributed by atoms with van der Waals surface area (Å²) in [5.74, 6) is -0.657. The molecule has 0 aromatic heterocycles. The lowest BCUT2D eigenvalue weighted by molar-refractivity contribution is -0.152. The van der Waals surface area contributed by atoms with Crippen LogP contribution in [-0.4, -0.2) is 46.2 Å². The molecule has 5 heteroatoms. The standard InChI is InChI=1S/C32H50O5/c1-19(29(4,5)36)10-11-20(27(35)37-9)26-23(33)18-32(8)22-12-13-24-28(2,3)25(34)15-16-30(24,6)21(22)14-17-31(26,32)7/h12,14,20,23-26,33-34,36H,1,10-11,13,15-18H2,2-9H3. The van der Waals surface area contributed by atoms with Crippen LogP contribution in [0.2, 0.25) is 0 Å². The molecule has 8 atom stereocenters. The maximum Gasteiger partial charge on any atom is 0.309 e. The molecule has 8 unspecified atom stereocenters. The maximum atomic E-state index is 13.2. The number of rotatable bonds is 6. The Morgan fingerprint density at radius 2 is 1.81 bits per heavy atom. The molecule has 0 aromatic carbocycles. The van der Waals surface area contributed by atoms with Crippen LogP contribution in [0, 0.1) is 39.4 Å². The molecule has 0 aliphatic heterocycles. The lowest BCUT2D eigenvalue weighted by Crippen LogP contribution is -2.54. The van der Waals surface area contributed by atoms with Gasteiger partial charge in [-0.2, -0.15) is 0 Å². The highest BCUT2D eigenvalue weighted by atomic mass is 16.5. The van der Waals surface area contributed by atoms with Gasteiger partial charge in [0.05, 0.1) is 30.8 Å². The van der Waals surface area contributed by atoms with Crippen molar-refractivity contribution in [3.63, 3.8) is 0 Å². The van der Waals surface area contributed by atoms with Crippen LogP contribution in [0.25, 0.3) is 0 Å². The predicted octanol–water partition coefficient (Wildman–Crippen LogP) is 5.74. The lowest BCUT2D eigenvalue weighted by Gasteiger charge is -2.61. The molecule has 0 saturated heterocycles. The predicted molar refractivity (Wildman–Crippen MR) is 147 cm³/mol. The molecule has 0 bridgehead atoms. The summed E-state index contributed by atoms with van der Waals surface area (Å²) < 4.78 is 5.28. The second-order valence-electron chi connectivity index (χ2n) is 14.4. The number of carbonyl (C=O) groups excluding carboxylic acids is 1. The average molecular weight is 515 g/mol. The summed E-state index contributed by atoms with van der Waals surface area (Å²) in [6.45, 7) is 18.9. The van der Waals surface area contributed by atoms with Gasteiger partial charge in [0, 0.05) is 11.3 Å². The molecular weight excluding hydrogens is 464 g/mol. The number of aliphatic hydroxyl groups is 3. The van der Waals surface area contributed by atoms with Crippen molar-refractivity contribution < 1.29 is 24.9 Å². The van der Waals surface area contributed by atoms with Crippen molar-refractivity contribution in [3.05, 3.63) is 35.5 Å². The number of methoxy groups -OCH3 is 1. The number of hydrogen-bond donors (Lipinski definition) is 3. The van der Waals surface area contributed by atoms with Crippen molar-refractivity contribution in [2.45, 2.75) is 111 Å². The van der Waals surface area contributed by atoms with E-state index in [0.717, 1.165) is 25.7 Å². The summed E-state index contributed by atoms with van der Waals surface area (Å²) in [5.41, 5.74) is 1.67. The molecule has 4 rings (SSSR count). The van der Waals surface area contributed by atoms with Crippen LogP contribution in [-0.2, 0) is 9.53 Å². The van der Waals surface area contributed by atoms with Gasteiger partial charge in [-0.25, -0.2) is 0 Å². The molecule has 0 heterocycles. The SMILES string of the molecule is C=C(CCC(C(=O)OC)C1C(O)CC2(C)C3=CCC4C(C)(CCC(O)C4(C)C)C3=CCC12C)C(C)(C)O. The zero-order valence-electron chi connectivity index (χ0n) is 24.4. The van der Waals surface area contributed by atoms with Gasteiger partial charge in [-0.05, 0) is 97.7 Å². The monoisotopic (exact) mass is 514 g/mol. The molecule has 37 heavy (non-hydrogen) atoms. The minimum absolute atomic E-state index is 0.00755. The second-order valence-corrected chi connectivity index (χ2v) is 14.4. The Morgan fingerprint density at radius 1 is 1.16 bits per heavy atom. The molecule has 0 radical (unpaired) electrons. The Balaban J connectivity index is 1.73. The smallest absolute Gasteiger partial charge is 0.309 e. The van der Waals surface area contributed by atoms with Crippen LogP contribution in [0.15, 0.2) is 35.5 Å². The quantitative estimate of drug-likeness (QED) is 0.311. The molecule has 0 aromatic rings. The van der Waals surface area contributed by atoms with Gasteiger partial charge in [0.2, 0.25) is 0 Å². The van der Waals surface area contributed by atoms with Crippen molar-refractivity contribution in [1.29, 1.82) is 0 Å². The molecule has 208 valence electrons. The molecule has 3 N–H and O–H groups in total. The van der Waals surface area contributed by atoms with E-state index in [1.54, 1.807) is 13.8 Å². The highest BCUT2D eigenvalue weighted by Gasteiger charge is 2.66. The third-order valence-electron chi connectivity index (χ3n) is 11.8. The highest BCUT2D eigenvalue weighted by molar-refractivity contribution is 5.73. The van der Waals surface area contributed by atoms with Crippen molar-refractivity contribution in [1.82, 2.24) is 0 Å². The molecule has 2 fully saturated rings. The highest BCUT2D eigenvalue weighted by Crippen LogP contribution is 2.71. The van der Waals surface area contributed by atoms with Crippen molar-refractivity contribution in [2.24, 2.45) is 39.4 Å². The molecule has 4 aliphatic rings. The fourth-order valence-corrected chi connectivity index (χ4v) is 9.05. The van der Waals surface area contributed by atoms with Gasteiger partial charge in [0.25, 0.3) is 0 Å². The zero-order valence-corrected chi connectivity index (χ0v) is 24.4. The third kappa shape index (κ3) is 4.10. The van der Waals surface area contributed by atoms with E-state index in [4.69, 9.17) is 4.74 Å². The minimum atomic E-state index is -1.02. The maximum absolute atomic E-state index is 13.2. The molecule has 2 saturated carbocycles. The number of esters is 1. The van der Waals surface area contributed by atoms with Crippen molar-refractivity contribution in [2.75, 3.05) is 7.11 Å². The summed E-state index contributed by atoms with van der Waals surface area (Å²) in [6.07, 6.45) is 8.98. The first-order valence-electron chi connectivity index (χ1n) is 14.2. The van der Waals surface area contributed by atoms with E-state index in [2.05, 4.69) is 53.3 Å². The van der Waals surface area contributed by atoms with E-state index < -0.39 is 17.6 Å². The summed E-state index contributed by atoms with van der Waals surface area (Å²) in [4.78, 5) is 13.2. The van der Waals surface area contributed by atoms with Crippen molar-refractivity contribution in [3.8, 4) is 0 Å². The largest absolute Gasteiger partial charge is 0.469 e. The van der Waals surface area contributed by atoms with Gasteiger partial charge in [0.15, 0.2) is 0 Å². The summed E-state index contributed by atoms with van der Waals surface area (Å²) in [6, 6.07) is 0. The summed E-state index contributed by atoms with van der Waals surface area (Å²) >= 11 is 0. The fraction of sp³-hybridized carbons (Fsp3) is 0.781. The number of hydrogen-bond acceptors (Lipinski definition) is 5. The molecular formula is C32H50O5. The second kappa shape index (κ2) is 9.06. The molecule has 0 spiro atoms. The van der Waals surface area contributed by atoms with Gasteiger partial charge in [0.1, 0.15) is 0 Å². The first kappa shape index (κ1) is 28.6. The minimum Gasteiger partial charge on any atom is -0.469 e. The average Bonchev–Trinajstić information content (AvgIpc) is 3.01. The topological polar surface area (TPSA) is 87.0 Å². The fourth-order valence-electron chi connectivity index (χ4n) is 9.05. The van der Waals surface area contributed by atoms with Crippen LogP contribution in [0.3, 0.4) is 0 Å². The Bertz CT molecular complexity index is 1010. The van der Waals surface area contributed by atoms with Crippen LogP contribution < -0.4 is 0 Å². The first-order chi connectivity index (χ1) is 16.9. The zero-order chi connectivity index (χ0) is 27.8. The first-order valence-corrected chi connectivity index (χ1v) is 14.2. The Labute approximate surface area is 224 Å². The number of aliphatic hydroxyl groups excluding tert-OH is 2. The Kier molecular flexibility index (Phi) is 7.00.